The smallest absolute Gasteiger partial charge is 0.411 e. The van der Waals surface area contributed by atoms with Gasteiger partial charge in [-0.3, -0.25) is 10.3 Å². The highest BCUT2D eigenvalue weighted by molar-refractivity contribution is 5.98. The molecule has 1 amide bonds. The summed E-state index contributed by atoms with van der Waals surface area (Å²) in [5, 5.41) is 6.05. The minimum absolute atomic E-state index is 0. The van der Waals surface area contributed by atoms with Crippen LogP contribution in [0.3, 0.4) is 0 Å². The van der Waals surface area contributed by atoms with Crippen LogP contribution in [0.25, 0.3) is 0 Å². The van der Waals surface area contributed by atoms with Gasteiger partial charge in [0.2, 0.25) is 0 Å². The second-order valence-corrected chi connectivity index (χ2v) is 4.38. The maximum absolute atomic E-state index is 11.4. The molecule has 6 heteroatoms. The molecule has 20 heavy (non-hydrogen) atoms. The molecule has 0 atom stereocenters. The first-order chi connectivity index (χ1) is 9.20. The lowest BCUT2D eigenvalue weighted by molar-refractivity contribution is 0.168. The van der Waals surface area contributed by atoms with E-state index < -0.39 is 6.09 Å². The van der Waals surface area contributed by atoms with Crippen LogP contribution in [0, 0.1) is 6.92 Å². The van der Waals surface area contributed by atoms with Crippen LogP contribution >= 0.6 is 12.4 Å². The molecule has 5 nitrogen and oxygen atoms in total. The van der Waals surface area contributed by atoms with Crippen LogP contribution in [0.15, 0.2) is 23.2 Å². The molecule has 2 N–H and O–H groups in total. The van der Waals surface area contributed by atoms with Gasteiger partial charge < -0.3 is 10.1 Å². The average Bonchev–Trinajstić information content (AvgIpc) is 2.87. The molecule has 1 aromatic carbocycles. The topological polar surface area (TPSA) is 62.7 Å². The van der Waals surface area contributed by atoms with Crippen molar-refractivity contribution in [2.45, 2.75) is 26.7 Å². The molecule has 1 aliphatic heterocycles. The number of hydrogen-bond acceptors (Lipinski definition) is 4. The second kappa shape index (κ2) is 7.75. The highest BCUT2D eigenvalue weighted by Gasteiger charge is 2.11. The number of rotatable bonds is 3. The van der Waals surface area contributed by atoms with Crippen molar-refractivity contribution in [3.8, 4) is 0 Å². The Kier molecular flexibility index (Phi) is 6.31. The Balaban J connectivity index is 0.00000200. The van der Waals surface area contributed by atoms with Crippen molar-refractivity contribution < 1.29 is 9.53 Å². The fraction of sp³-hybridized carbons (Fsp3) is 0.429. The van der Waals surface area contributed by atoms with Gasteiger partial charge >= 0.3 is 6.09 Å². The standard InChI is InChI=1S/C14H19N3O2.ClH/c1-3-19-14(18)17-12-7-4-6-11(10(12)2)16-13-8-5-9-15-13;/h4,6-7H,3,5,8-9H2,1-2H3,(H,15,16)(H,17,18);1H. The van der Waals surface area contributed by atoms with Crippen molar-refractivity contribution in [1.29, 1.82) is 0 Å². The maximum atomic E-state index is 11.4. The first-order valence-corrected chi connectivity index (χ1v) is 6.54. The van der Waals surface area contributed by atoms with Crippen molar-refractivity contribution in [3.05, 3.63) is 23.8 Å². The normalized spacial score (nSPS) is 13.2. The lowest BCUT2D eigenvalue weighted by atomic mass is 10.1. The van der Waals surface area contributed by atoms with Crippen LogP contribution in [-0.4, -0.2) is 25.1 Å². The van der Waals surface area contributed by atoms with E-state index in [0.717, 1.165) is 42.2 Å². The fourth-order valence-electron chi connectivity index (χ4n) is 1.98. The molecule has 0 saturated heterocycles. The number of carbonyl (C=O) groups excluding carboxylic acids is 1. The number of aliphatic imine (C=N–C) groups is 1. The largest absolute Gasteiger partial charge is 0.450 e. The Labute approximate surface area is 125 Å². The molecule has 1 aliphatic rings. The molecule has 0 spiro atoms. The van der Waals surface area contributed by atoms with Crippen molar-refractivity contribution in [2.75, 3.05) is 23.8 Å². The van der Waals surface area contributed by atoms with Crippen LogP contribution in [0.4, 0.5) is 16.2 Å². The van der Waals surface area contributed by atoms with E-state index >= 15 is 0 Å². The minimum atomic E-state index is -0.430. The molecular formula is C14H20ClN3O2. The van der Waals surface area contributed by atoms with Crippen molar-refractivity contribution >= 4 is 35.7 Å². The first-order valence-electron chi connectivity index (χ1n) is 6.54. The van der Waals surface area contributed by atoms with E-state index in [0.29, 0.717) is 6.61 Å². The van der Waals surface area contributed by atoms with Gasteiger partial charge in [0.15, 0.2) is 0 Å². The predicted octanol–water partition coefficient (Wildman–Crippen LogP) is 3.59. The van der Waals surface area contributed by atoms with E-state index in [4.69, 9.17) is 4.74 Å². The summed E-state index contributed by atoms with van der Waals surface area (Å²) in [5.74, 6) is 1.01. The minimum Gasteiger partial charge on any atom is -0.450 e. The van der Waals surface area contributed by atoms with Crippen molar-refractivity contribution in [2.24, 2.45) is 4.99 Å². The number of nitrogens with zero attached hydrogens (tertiary/aromatic N) is 1. The lowest BCUT2D eigenvalue weighted by Gasteiger charge is -2.13. The highest BCUT2D eigenvalue weighted by atomic mass is 35.5. The summed E-state index contributed by atoms with van der Waals surface area (Å²) in [6, 6.07) is 5.73. The number of amidine groups is 1. The van der Waals surface area contributed by atoms with Crippen LogP contribution in [0.2, 0.25) is 0 Å². The van der Waals surface area contributed by atoms with Gasteiger partial charge in [0.1, 0.15) is 5.84 Å². The van der Waals surface area contributed by atoms with Gasteiger partial charge in [0, 0.05) is 24.3 Å². The highest BCUT2D eigenvalue weighted by Crippen LogP contribution is 2.24. The van der Waals surface area contributed by atoms with Crippen LogP contribution in [0.1, 0.15) is 25.3 Å². The van der Waals surface area contributed by atoms with E-state index in [1.54, 1.807) is 6.92 Å². The zero-order chi connectivity index (χ0) is 13.7. The molecule has 0 bridgehead atoms. The van der Waals surface area contributed by atoms with Gasteiger partial charge in [-0.05, 0) is 38.0 Å². The molecule has 0 aromatic heterocycles. The fourth-order valence-corrected chi connectivity index (χ4v) is 1.98. The maximum Gasteiger partial charge on any atom is 0.411 e. The van der Waals surface area contributed by atoms with E-state index in [1.165, 1.54) is 0 Å². The summed E-state index contributed by atoms with van der Waals surface area (Å²) in [6.45, 7) is 4.99. The summed E-state index contributed by atoms with van der Waals surface area (Å²) < 4.78 is 4.88. The van der Waals surface area contributed by atoms with E-state index in [2.05, 4.69) is 15.6 Å². The number of amides is 1. The van der Waals surface area contributed by atoms with E-state index in [1.807, 2.05) is 25.1 Å². The first kappa shape index (κ1) is 16.3. The van der Waals surface area contributed by atoms with Crippen LogP contribution in [-0.2, 0) is 4.74 Å². The molecular weight excluding hydrogens is 278 g/mol. The molecule has 110 valence electrons. The number of benzene rings is 1. The molecule has 1 aromatic rings. The summed E-state index contributed by atoms with van der Waals surface area (Å²) >= 11 is 0. The van der Waals surface area contributed by atoms with Crippen molar-refractivity contribution in [3.63, 3.8) is 0 Å². The van der Waals surface area contributed by atoms with Gasteiger partial charge in [0.05, 0.1) is 6.61 Å². The zero-order valence-electron chi connectivity index (χ0n) is 11.7. The molecule has 0 unspecified atom stereocenters. The lowest BCUT2D eigenvalue weighted by Crippen LogP contribution is -2.15. The number of nitrogens with one attached hydrogen (secondary N) is 2. The Bertz CT molecular complexity index is 503. The average molecular weight is 298 g/mol. The van der Waals surface area contributed by atoms with E-state index in [9.17, 15) is 4.79 Å². The second-order valence-electron chi connectivity index (χ2n) is 4.38. The van der Waals surface area contributed by atoms with Gasteiger partial charge in [-0.1, -0.05) is 6.07 Å². The van der Waals surface area contributed by atoms with Gasteiger partial charge in [0.25, 0.3) is 0 Å². The summed E-state index contributed by atoms with van der Waals surface area (Å²) in [4.78, 5) is 15.8. The number of ether oxygens (including phenoxy) is 1. The van der Waals surface area contributed by atoms with Crippen molar-refractivity contribution in [1.82, 2.24) is 0 Å². The van der Waals surface area contributed by atoms with Gasteiger partial charge in [-0.25, -0.2) is 4.79 Å². The third-order valence-corrected chi connectivity index (χ3v) is 3.00. The monoisotopic (exact) mass is 297 g/mol. The van der Waals surface area contributed by atoms with Crippen LogP contribution in [0.5, 0.6) is 0 Å². The summed E-state index contributed by atoms with van der Waals surface area (Å²) in [7, 11) is 0. The third-order valence-electron chi connectivity index (χ3n) is 3.00. The van der Waals surface area contributed by atoms with Gasteiger partial charge in [-0.15, -0.1) is 12.4 Å². The molecule has 0 radical (unpaired) electrons. The zero-order valence-corrected chi connectivity index (χ0v) is 12.5. The summed E-state index contributed by atoms with van der Waals surface area (Å²) in [6.07, 6.45) is 1.65. The molecule has 0 saturated carbocycles. The Morgan fingerprint density at radius 1 is 1.40 bits per heavy atom. The Morgan fingerprint density at radius 3 is 2.80 bits per heavy atom. The van der Waals surface area contributed by atoms with Gasteiger partial charge in [-0.2, -0.15) is 0 Å². The number of carbonyl (C=O) groups is 1. The number of halogens is 1. The quantitative estimate of drug-likeness (QED) is 0.896. The Hall–Kier alpha value is -1.75. The molecule has 0 fully saturated rings. The Morgan fingerprint density at radius 2 is 2.15 bits per heavy atom. The number of anilines is 2. The third kappa shape index (κ3) is 4.13. The molecule has 1 heterocycles. The predicted molar refractivity (Wildman–Crippen MR) is 84.2 cm³/mol. The molecule has 2 rings (SSSR count). The molecule has 0 aliphatic carbocycles. The van der Waals surface area contributed by atoms with E-state index in [-0.39, 0.29) is 12.4 Å². The SMILES string of the molecule is CCOC(=O)Nc1cccc(NC2=NCCC2)c1C.Cl. The van der Waals surface area contributed by atoms with Crippen LogP contribution < -0.4 is 10.6 Å². The summed E-state index contributed by atoms with van der Waals surface area (Å²) in [5.41, 5.74) is 2.70. The number of hydrogen-bond donors (Lipinski definition) is 2.